The molecule has 0 aliphatic rings. The molecule has 1 aromatic heterocycles. The van der Waals surface area contributed by atoms with Gasteiger partial charge >= 0.3 is 0 Å². The van der Waals surface area contributed by atoms with Crippen molar-refractivity contribution in [1.82, 2.24) is 15.6 Å². The molecule has 5 heteroatoms. The lowest BCUT2D eigenvalue weighted by atomic mass is 10.1. The number of benzene rings is 2. The molecule has 1 heterocycles. The lowest BCUT2D eigenvalue weighted by molar-refractivity contribution is -0.120. The highest BCUT2D eigenvalue weighted by molar-refractivity contribution is 5.94. The van der Waals surface area contributed by atoms with Gasteiger partial charge in [-0.3, -0.25) is 9.59 Å². The molecular weight excluding hydrogens is 338 g/mol. The van der Waals surface area contributed by atoms with Crippen molar-refractivity contribution in [1.29, 1.82) is 0 Å². The monoisotopic (exact) mass is 363 g/mol. The van der Waals surface area contributed by atoms with Crippen molar-refractivity contribution in [3.63, 3.8) is 0 Å². The average Bonchev–Trinajstić information content (AvgIpc) is 3.09. The maximum Gasteiger partial charge on any atom is 0.251 e. The van der Waals surface area contributed by atoms with Gasteiger partial charge in [0.1, 0.15) is 0 Å². The van der Waals surface area contributed by atoms with Gasteiger partial charge in [0.15, 0.2) is 0 Å². The smallest absolute Gasteiger partial charge is 0.251 e. The minimum Gasteiger partial charge on any atom is -0.361 e. The van der Waals surface area contributed by atoms with Crippen LogP contribution in [0.1, 0.15) is 41.8 Å². The third-order valence-corrected chi connectivity index (χ3v) is 4.69. The zero-order chi connectivity index (χ0) is 19.2. The molecule has 5 nitrogen and oxygen atoms in total. The zero-order valence-corrected chi connectivity index (χ0v) is 15.7. The van der Waals surface area contributed by atoms with Crippen LogP contribution in [0.5, 0.6) is 0 Å². The molecule has 27 heavy (non-hydrogen) atoms. The number of para-hydroxylation sites is 1. The Morgan fingerprint density at radius 1 is 1.11 bits per heavy atom. The second kappa shape index (κ2) is 8.54. The molecule has 2 aromatic carbocycles. The SMILES string of the molecule is CC[C@H](C)NC(=O)c1cccc(CNC(=O)Cc2c[nH]c3ccccc23)c1. The fourth-order valence-corrected chi connectivity index (χ4v) is 2.95. The van der Waals surface area contributed by atoms with Crippen LogP contribution in [0.3, 0.4) is 0 Å². The zero-order valence-electron chi connectivity index (χ0n) is 15.7. The summed E-state index contributed by atoms with van der Waals surface area (Å²) in [5.74, 6) is -0.134. The molecular formula is C22H25N3O2. The molecule has 140 valence electrons. The predicted octanol–water partition coefficient (Wildman–Crippen LogP) is 3.56. The number of H-pyrrole nitrogens is 1. The number of nitrogens with one attached hydrogen (secondary N) is 3. The molecule has 0 unspecified atom stereocenters. The lowest BCUT2D eigenvalue weighted by Crippen LogP contribution is -2.32. The van der Waals surface area contributed by atoms with Crippen LogP contribution < -0.4 is 10.6 Å². The predicted molar refractivity (Wildman–Crippen MR) is 108 cm³/mol. The van der Waals surface area contributed by atoms with Crippen molar-refractivity contribution in [2.45, 2.75) is 39.3 Å². The Balaban J connectivity index is 1.59. The van der Waals surface area contributed by atoms with Crippen LogP contribution in [0.2, 0.25) is 0 Å². The van der Waals surface area contributed by atoms with Gasteiger partial charge in [-0.05, 0) is 42.7 Å². The number of aromatic nitrogens is 1. The highest BCUT2D eigenvalue weighted by atomic mass is 16.2. The summed E-state index contributed by atoms with van der Waals surface area (Å²) in [4.78, 5) is 27.7. The first-order chi connectivity index (χ1) is 13.1. The van der Waals surface area contributed by atoms with E-state index in [1.807, 2.05) is 62.5 Å². The molecule has 0 saturated heterocycles. The quantitative estimate of drug-likeness (QED) is 0.600. The van der Waals surface area contributed by atoms with Gasteiger partial charge in [0, 0.05) is 35.2 Å². The molecule has 3 aromatic rings. The third-order valence-electron chi connectivity index (χ3n) is 4.69. The maximum atomic E-state index is 12.3. The van der Waals surface area contributed by atoms with E-state index in [0.29, 0.717) is 18.5 Å². The van der Waals surface area contributed by atoms with E-state index in [4.69, 9.17) is 0 Å². The van der Waals surface area contributed by atoms with E-state index in [9.17, 15) is 9.59 Å². The largest absolute Gasteiger partial charge is 0.361 e. The molecule has 0 aliphatic carbocycles. The fraction of sp³-hybridized carbons (Fsp3) is 0.273. The van der Waals surface area contributed by atoms with Crippen LogP contribution in [0.25, 0.3) is 10.9 Å². The van der Waals surface area contributed by atoms with E-state index < -0.39 is 0 Å². The van der Waals surface area contributed by atoms with Crippen molar-refractivity contribution in [2.75, 3.05) is 0 Å². The molecule has 0 fully saturated rings. The summed E-state index contributed by atoms with van der Waals surface area (Å²) in [6, 6.07) is 15.4. The number of aromatic amines is 1. The van der Waals surface area contributed by atoms with E-state index in [0.717, 1.165) is 28.5 Å². The number of fused-ring (bicyclic) bond motifs is 1. The van der Waals surface area contributed by atoms with E-state index in [1.165, 1.54) is 0 Å². The van der Waals surface area contributed by atoms with E-state index in [-0.39, 0.29) is 17.9 Å². The van der Waals surface area contributed by atoms with Crippen LogP contribution in [0.4, 0.5) is 0 Å². The number of hydrogen-bond donors (Lipinski definition) is 3. The first-order valence-electron chi connectivity index (χ1n) is 9.28. The van der Waals surface area contributed by atoms with Crippen LogP contribution in [0, 0.1) is 0 Å². The molecule has 1 atom stereocenters. The minimum atomic E-state index is -0.0867. The van der Waals surface area contributed by atoms with Gasteiger partial charge in [-0.15, -0.1) is 0 Å². The topological polar surface area (TPSA) is 74.0 Å². The van der Waals surface area contributed by atoms with Gasteiger partial charge in [-0.1, -0.05) is 37.3 Å². The van der Waals surface area contributed by atoms with Crippen LogP contribution in [-0.2, 0) is 17.8 Å². The lowest BCUT2D eigenvalue weighted by Gasteiger charge is -2.12. The number of carbonyl (C=O) groups is 2. The Hall–Kier alpha value is -3.08. The first kappa shape index (κ1) is 18.7. The van der Waals surface area contributed by atoms with Gasteiger partial charge in [0.05, 0.1) is 6.42 Å². The fourth-order valence-electron chi connectivity index (χ4n) is 2.95. The van der Waals surface area contributed by atoms with E-state index in [2.05, 4.69) is 15.6 Å². The van der Waals surface area contributed by atoms with E-state index in [1.54, 1.807) is 6.07 Å². The van der Waals surface area contributed by atoms with Crippen LogP contribution in [0.15, 0.2) is 54.7 Å². The average molecular weight is 363 g/mol. The summed E-state index contributed by atoms with van der Waals surface area (Å²) < 4.78 is 0. The molecule has 0 saturated carbocycles. The Morgan fingerprint density at radius 2 is 1.93 bits per heavy atom. The summed E-state index contributed by atoms with van der Waals surface area (Å²) in [6.45, 7) is 4.41. The van der Waals surface area contributed by atoms with Crippen LogP contribution >= 0.6 is 0 Å². The Kier molecular flexibility index (Phi) is 5.91. The van der Waals surface area contributed by atoms with Gasteiger partial charge in [-0.2, -0.15) is 0 Å². The number of rotatable bonds is 7. The summed E-state index contributed by atoms with van der Waals surface area (Å²) >= 11 is 0. The highest BCUT2D eigenvalue weighted by Gasteiger charge is 2.11. The Labute approximate surface area is 159 Å². The number of amides is 2. The Bertz CT molecular complexity index is 945. The van der Waals surface area contributed by atoms with Crippen molar-refractivity contribution < 1.29 is 9.59 Å². The number of carbonyl (C=O) groups excluding carboxylic acids is 2. The molecule has 3 rings (SSSR count). The van der Waals surface area contributed by atoms with Gasteiger partial charge < -0.3 is 15.6 Å². The molecule has 2 amide bonds. The molecule has 0 bridgehead atoms. The van der Waals surface area contributed by atoms with Gasteiger partial charge in [0.25, 0.3) is 5.91 Å². The third kappa shape index (κ3) is 4.76. The van der Waals surface area contributed by atoms with Crippen molar-refractivity contribution >= 4 is 22.7 Å². The highest BCUT2D eigenvalue weighted by Crippen LogP contribution is 2.18. The summed E-state index contributed by atoms with van der Waals surface area (Å²) in [5, 5.41) is 6.96. The first-order valence-corrected chi connectivity index (χ1v) is 9.28. The normalized spacial score (nSPS) is 11.9. The summed E-state index contributed by atoms with van der Waals surface area (Å²) in [7, 11) is 0. The van der Waals surface area contributed by atoms with Crippen molar-refractivity contribution in [3.8, 4) is 0 Å². The maximum absolute atomic E-state index is 12.3. The van der Waals surface area contributed by atoms with Gasteiger partial charge in [-0.25, -0.2) is 0 Å². The van der Waals surface area contributed by atoms with Gasteiger partial charge in [0.2, 0.25) is 5.91 Å². The summed E-state index contributed by atoms with van der Waals surface area (Å²) in [5.41, 5.74) is 3.52. The minimum absolute atomic E-state index is 0.0470. The standard InChI is InChI=1S/C22H25N3O2/c1-3-15(2)25-22(27)17-8-6-7-16(11-17)13-24-21(26)12-18-14-23-20-10-5-4-9-19(18)20/h4-11,14-15,23H,3,12-13H2,1-2H3,(H,24,26)(H,25,27)/t15-/m0/s1. The molecule has 3 N–H and O–H groups in total. The van der Waals surface area contributed by atoms with Crippen LogP contribution in [-0.4, -0.2) is 22.8 Å². The second-order valence-corrected chi connectivity index (χ2v) is 6.80. The summed E-state index contributed by atoms with van der Waals surface area (Å²) in [6.07, 6.45) is 3.08. The second-order valence-electron chi connectivity index (χ2n) is 6.80. The van der Waals surface area contributed by atoms with Crippen molar-refractivity contribution in [3.05, 3.63) is 71.4 Å². The van der Waals surface area contributed by atoms with Crippen molar-refractivity contribution in [2.24, 2.45) is 0 Å². The number of hydrogen-bond acceptors (Lipinski definition) is 2. The molecule has 0 radical (unpaired) electrons. The van der Waals surface area contributed by atoms with E-state index >= 15 is 0 Å². The Morgan fingerprint density at radius 3 is 2.74 bits per heavy atom. The molecule has 0 aliphatic heterocycles. The molecule has 0 spiro atoms.